The number of benzene rings is 2. The van der Waals surface area contributed by atoms with Gasteiger partial charge in [0.2, 0.25) is 0 Å². The van der Waals surface area contributed by atoms with Crippen LogP contribution in [0.1, 0.15) is 11.1 Å². The van der Waals surface area contributed by atoms with Crippen molar-refractivity contribution in [3.63, 3.8) is 0 Å². The number of alkyl halides is 3. The van der Waals surface area contributed by atoms with Crippen LogP contribution in [0.3, 0.4) is 0 Å². The van der Waals surface area contributed by atoms with Crippen LogP contribution in [0.15, 0.2) is 54.2 Å². The number of nitrogens with one attached hydrogen (secondary N) is 1. The van der Waals surface area contributed by atoms with Gasteiger partial charge in [-0.05, 0) is 42.0 Å². The summed E-state index contributed by atoms with van der Waals surface area (Å²) in [5.74, 6) is -0.618. The van der Waals surface area contributed by atoms with E-state index in [4.69, 9.17) is 11.6 Å². The molecular formula is C17H10ClF3N2O2. The van der Waals surface area contributed by atoms with Crippen LogP contribution in [0.4, 0.5) is 23.7 Å². The van der Waals surface area contributed by atoms with Crippen molar-refractivity contribution in [2.75, 3.05) is 4.90 Å². The van der Waals surface area contributed by atoms with Crippen molar-refractivity contribution < 1.29 is 22.8 Å². The number of carbonyl (C=O) groups is 2. The molecule has 0 spiro atoms. The summed E-state index contributed by atoms with van der Waals surface area (Å²) in [5, 5.41) is 2.76. The van der Waals surface area contributed by atoms with E-state index in [1.165, 1.54) is 24.3 Å². The average Bonchev–Trinajstić information content (AvgIpc) is 2.81. The summed E-state index contributed by atoms with van der Waals surface area (Å²) >= 11 is 5.86. The Bertz CT molecular complexity index is 876. The van der Waals surface area contributed by atoms with Crippen molar-refractivity contribution in [1.29, 1.82) is 0 Å². The second-order valence-corrected chi connectivity index (χ2v) is 5.66. The molecule has 4 nitrogen and oxygen atoms in total. The van der Waals surface area contributed by atoms with Crippen molar-refractivity contribution in [2.24, 2.45) is 0 Å². The van der Waals surface area contributed by atoms with Gasteiger partial charge < -0.3 is 5.32 Å². The molecule has 25 heavy (non-hydrogen) atoms. The Balaban J connectivity index is 1.88. The Labute approximate surface area is 145 Å². The lowest BCUT2D eigenvalue weighted by atomic mass is 10.1. The standard InChI is InChI=1S/C17H10ClF3N2O2/c18-12-2-1-3-13(9-12)23-15(24)14(22-16(23)25)8-10-4-6-11(7-5-10)17(19,20)21/h1-9H,(H,22,25)/b14-8+. The monoisotopic (exact) mass is 366 g/mol. The average molecular weight is 367 g/mol. The summed E-state index contributed by atoms with van der Waals surface area (Å²) in [4.78, 5) is 25.4. The molecular weight excluding hydrogens is 357 g/mol. The van der Waals surface area contributed by atoms with Gasteiger partial charge in [-0.2, -0.15) is 13.2 Å². The van der Waals surface area contributed by atoms with E-state index in [0.717, 1.165) is 17.0 Å². The second kappa shape index (κ2) is 6.25. The molecule has 1 fully saturated rings. The first-order valence-corrected chi connectivity index (χ1v) is 7.43. The molecule has 0 aliphatic carbocycles. The van der Waals surface area contributed by atoms with Crippen LogP contribution in [0.25, 0.3) is 6.08 Å². The third kappa shape index (κ3) is 3.51. The highest BCUT2D eigenvalue weighted by Crippen LogP contribution is 2.30. The van der Waals surface area contributed by atoms with Crippen LogP contribution < -0.4 is 10.2 Å². The molecule has 3 rings (SSSR count). The minimum Gasteiger partial charge on any atom is -0.302 e. The zero-order valence-electron chi connectivity index (χ0n) is 12.5. The van der Waals surface area contributed by atoms with Crippen LogP contribution in [-0.4, -0.2) is 11.9 Å². The normalized spacial score (nSPS) is 16.5. The van der Waals surface area contributed by atoms with Crippen LogP contribution in [0, 0.1) is 0 Å². The molecule has 2 aromatic carbocycles. The number of urea groups is 1. The molecule has 0 unspecified atom stereocenters. The maximum atomic E-state index is 12.6. The van der Waals surface area contributed by atoms with Crippen LogP contribution in [0.2, 0.25) is 5.02 Å². The predicted octanol–water partition coefficient (Wildman–Crippen LogP) is 4.46. The highest BCUT2D eigenvalue weighted by Gasteiger charge is 2.35. The number of hydrogen-bond donors (Lipinski definition) is 1. The number of hydrogen-bond acceptors (Lipinski definition) is 2. The molecule has 0 saturated carbocycles. The number of anilines is 1. The van der Waals surface area contributed by atoms with Gasteiger partial charge in [-0.1, -0.05) is 29.8 Å². The van der Waals surface area contributed by atoms with Gasteiger partial charge in [0.25, 0.3) is 5.91 Å². The molecule has 0 bridgehead atoms. The van der Waals surface area contributed by atoms with Gasteiger partial charge in [-0.15, -0.1) is 0 Å². The lowest BCUT2D eigenvalue weighted by Gasteiger charge is -2.11. The van der Waals surface area contributed by atoms with Gasteiger partial charge in [0.05, 0.1) is 11.3 Å². The Morgan fingerprint density at radius 1 is 1.04 bits per heavy atom. The number of amides is 3. The minimum atomic E-state index is -4.44. The molecule has 1 heterocycles. The molecule has 2 aromatic rings. The van der Waals surface area contributed by atoms with Crippen LogP contribution in [-0.2, 0) is 11.0 Å². The molecule has 8 heteroatoms. The highest BCUT2D eigenvalue weighted by atomic mass is 35.5. The third-order valence-corrected chi connectivity index (χ3v) is 3.73. The Hall–Kier alpha value is -2.80. The van der Waals surface area contributed by atoms with Gasteiger partial charge >= 0.3 is 12.2 Å². The van der Waals surface area contributed by atoms with Gasteiger partial charge in [0.1, 0.15) is 5.70 Å². The van der Waals surface area contributed by atoms with Gasteiger partial charge in [-0.25, -0.2) is 9.69 Å². The Kier molecular flexibility index (Phi) is 4.26. The third-order valence-electron chi connectivity index (χ3n) is 3.49. The first-order chi connectivity index (χ1) is 11.8. The van der Waals surface area contributed by atoms with E-state index < -0.39 is 23.7 Å². The fraction of sp³-hybridized carbons (Fsp3) is 0.0588. The molecule has 0 atom stereocenters. The summed E-state index contributed by atoms with van der Waals surface area (Å²) in [5.41, 5.74) is -0.183. The molecule has 0 radical (unpaired) electrons. The topological polar surface area (TPSA) is 49.4 Å². The highest BCUT2D eigenvalue weighted by molar-refractivity contribution is 6.32. The first kappa shape index (κ1) is 17.0. The maximum absolute atomic E-state index is 12.6. The fourth-order valence-corrected chi connectivity index (χ4v) is 2.50. The quantitative estimate of drug-likeness (QED) is 0.630. The summed E-state index contributed by atoms with van der Waals surface area (Å²) in [7, 11) is 0. The molecule has 0 aromatic heterocycles. The number of carbonyl (C=O) groups excluding carboxylic acids is 2. The van der Waals surface area contributed by atoms with E-state index in [1.54, 1.807) is 18.2 Å². The number of imide groups is 1. The van der Waals surface area contributed by atoms with Crippen molar-refractivity contribution in [2.45, 2.75) is 6.18 Å². The van der Waals surface area contributed by atoms with E-state index in [9.17, 15) is 22.8 Å². The molecule has 3 amide bonds. The molecule has 1 saturated heterocycles. The SMILES string of the molecule is O=C1N/C(=C/c2ccc(C(F)(F)F)cc2)C(=O)N1c1cccc(Cl)c1. The second-order valence-electron chi connectivity index (χ2n) is 5.23. The van der Waals surface area contributed by atoms with E-state index in [0.29, 0.717) is 16.3 Å². The van der Waals surface area contributed by atoms with E-state index in [1.807, 2.05) is 0 Å². The summed E-state index contributed by atoms with van der Waals surface area (Å²) in [6.07, 6.45) is -3.13. The van der Waals surface area contributed by atoms with E-state index >= 15 is 0 Å². The minimum absolute atomic E-state index is 0.0373. The largest absolute Gasteiger partial charge is 0.416 e. The van der Waals surface area contributed by atoms with Crippen molar-refractivity contribution in [3.05, 3.63) is 70.4 Å². The lowest BCUT2D eigenvalue weighted by molar-refractivity contribution is -0.137. The summed E-state index contributed by atoms with van der Waals surface area (Å²) in [6.45, 7) is 0. The molecule has 128 valence electrons. The molecule has 1 N–H and O–H groups in total. The number of halogens is 4. The molecule has 1 aliphatic heterocycles. The van der Waals surface area contributed by atoms with E-state index in [-0.39, 0.29) is 5.70 Å². The van der Waals surface area contributed by atoms with Crippen LogP contribution in [0.5, 0.6) is 0 Å². The van der Waals surface area contributed by atoms with Crippen LogP contribution >= 0.6 is 11.6 Å². The van der Waals surface area contributed by atoms with Gasteiger partial charge in [0.15, 0.2) is 0 Å². The zero-order chi connectivity index (χ0) is 18.2. The molecule has 1 aliphatic rings. The fourth-order valence-electron chi connectivity index (χ4n) is 2.32. The Morgan fingerprint density at radius 3 is 2.32 bits per heavy atom. The lowest BCUT2D eigenvalue weighted by Crippen LogP contribution is -2.30. The zero-order valence-corrected chi connectivity index (χ0v) is 13.2. The van der Waals surface area contributed by atoms with Gasteiger partial charge in [0, 0.05) is 5.02 Å². The maximum Gasteiger partial charge on any atom is 0.416 e. The van der Waals surface area contributed by atoms with Crippen molar-refractivity contribution in [3.8, 4) is 0 Å². The van der Waals surface area contributed by atoms with E-state index in [2.05, 4.69) is 5.32 Å². The van der Waals surface area contributed by atoms with Crippen molar-refractivity contribution >= 4 is 35.3 Å². The predicted molar refractivity (Wildman–Crippen MR) is 86.9 cm³/mol. The number of rotatable bonds is 2. The van der Waals surface area contributed by atoms with Crippen molar-refractivity contribution in [1.82, 2.24) is 5.32 Å². The summed E-state index contributed by atoms with van der Waals surface area (Å²) in [6, 6.07) is 9.78. The Morgan fingerprint density at radius 2 is 1.72 bits per heavy atom. The summed E-state index contributed by atoms with van der Waals surface area (Å²) < 4.78 is 37.7. The van der Waals surface area contributed by atoms with Gasteiger partial charge in [-0.3, -0.25) is 4.79 Å². The first-order valence-electron chi connectivity index (χ1n) is 7.06. The number of nitrogens with zero attached hydrogens (tertiary/aromatic N) is 1. The smallest absolute Gasteiger partial charge is 0.302 e.